The topological polar surface area (TPSA) is 142 Å². The fraction of sp³-hybridized carbons (Fsp3) is 0.389. The van der Waals surface area contributed by atoms with Crippen molar-refractivity contribution in [2.45, 2.75) is 23.4 Å². The van der Waals surface area contributed by atoms with Crippen LogP contribution in [0.3, 0.4) is 0 Å². The maximum Gasteiger partial charge on any atom is 0.433 e. The number of aromatic nitrogens is 1. The van der Waals surface area contributed by atoms with Gasteiger partial charge in [-0.1, -0.05) is 17.7 Å². The predicted octanol–water partition coefficient (Wildman–Crippen LogP) is 2.47. The molecule has 0 bridgehead atoms. The van der Waals surface area contributed by atoms with Crippen LogP contribution in [-0.2, 0) is 27.5 Å². The number of rotatable bonds is 5. The molecule has 3 rings (SSSR count). The van der Waals surface area contributed by atoms with Crippen molar-refractivity contribution in [3.8, 4) is 0 Å². The van der Waals surface area contributed by atoms with Crippen LogP contribution >= 0.6 is 22.9 Å². The summed E-state index contributed by atoms with van der Waals surface area (Å²) in [6.45, 7) is 0.0567. The molecule has 9 nitrogen and oxygen atoms in total. The zero-order chi connectivity index (χ0) is 24.4. The van der Waals surface area contributed by atoms with Gasteiger partial charge in [-0.2, -0.15) is 13.2 Å². The van der Waals surface area contributed by atoms with Crippen molar-refractivity contribution in [1.82, 2.24) is 10.3 Å². The number of amides is 1. The molecule has 33 heavy (non-hydrogen) atoms. The highest BCUT2D eigenvalue weighted by atomic mass is 35.5. The van der Waals surface area contributed by atoms with Crippen LogP contribution in [0, 0.1) is 0 Å². The molecule has 1 amide bonds. The minimum Gasteiger partial charge on any atom is -0.772 e. The molecule has 15 heteroatoms. The van der Waals surface area contributed by atoms with Gasteiger partial charge in [-0.25, -0.2) is 4.98 Å². The summed E-state index contributed by atoms with van der Waals surface area (Å²) in [5.41, 5.74) is 3.23. The third-order valence-corrected chi connectivity index (χ3v) is 7.65. The van der Waals surface area contributed by atoms with Crippen LogP contribution in [0.25, 0.3) is 0 Å². The van der Waals surface area contributed by atoms with Crippen molar-refractivity contribution in [2.75, 3.05) is 25.6 Å². The van der Waals surface area contributed by atoms with E-state index in [1.165, 1.54) is 19.2 Å². The van der Waals surface area contributed by atoms with Gasteiger partial charge in [0.1, 0.15) is 17.1 Å². The van der Waals surface area contributed by atoms with Crippen LogP contribution in [0.5, 0.6) is 0 Å². The van der Waals surface area contributed by atoms with Gasteiger partial charge in [0.2, 0.25) is 0 Å². The quantitative estimate of drug-likeness (QED) is 0.310. The van der Waals surface area contributed by atoms with Gasteiger partial charge in [0.15, 0.2) is 5.96 Å². The number of hydrogen-bond donors (Lipinski definition) is 3. The van der Waals surface area contributed by atoms with Gasteiger partial charge in [0.05, 0.1) is 26.6 Å². The van der Waals surface area contributed by atoms with Gasteiger partial charge in [-0.3, -0.25) is 14.0 Å². The number of ether oxygens (including phenoxy) is 1. The number of anilines is 1. The Balaban J connectivity index is 1.97. The van der Waals surface area contributed by atoms with Crippen molar-refractivity contribution in [1.29, 1.82) is 0 Å². The summed E-state index contributed by atoms with van der Waals surface area (Å²) in [7, 11) is 1.40. The lowest BCUT2D eigenvalue weighted by molar-refractivity contribution is -0.141. The Hall–Kier alpha value is -2.26. The van der Waals surface area contributed by atoms with Crippen LogP contribution in [0.1, 0.15) is 26.7 Å². The number of carbonyl (C=O) groups excluding carboxylic acids is 1. The molecule has 0 aromatic carbocycles. The summed E-state index contributed by atoms with van der Waals surface area (Å²) in [6, 6.07) is 4.37. The van der Waals surface area contributed by atoms with Gasteiger partial charge in [0.25, 0.3) is 5.91 Å². The van der Waals surface area contributed by atoms with E-state index in [4.69, 9.17) is 22.1 Å². The molecule has 2 aromatic heterocycles. The van der Waals surface area contributed by atoms with Gasteiger partial charge >= 0.3 is 6.18 Å². The number of pyridine rings is 1. The van der Waals surface area contributed by atoms with E-state index in [1.807, 2.05) is 0 Å². The molecule has 1 saturated heterocycles. The summed E-state index contributed by atoms with van der Waals surface area (Å²) >= 11 is 4.68. The van der Waals surface area contributed by atoms with Crippen molar-refractivity contribution in [2.24, 2.45) is 10.7 Å². The minimum absolute atomic E-state index is 0.0170. The highest BCUT2D eigenvalue weighted by Crippen LogP contribution is 2.42. The van der Waals surface area contributed by atoms with E-state index in [0.717, 1.165) is 23.5 Å². The van der Waals surface area contributed by atoms with Crippen molar-refractivity contribution < 1.29 is 31.5 Å². The number of nitrogens with one attached hydrogen (secondary N) is 2. The first-order valence-corrected chi connectivity index (χ1v) is 11.6. The molecule has 180 valence electrons. The fourth-order valence-corrected chi connectivity index (χ4v) is 5.84. The van der Waals surface area contributed by atoms with E-state index in [1.54, 1.807) is 0 Å². The molecule has 0 aliphatic carbocycles. The molecule has 0 spiro atoms. The third-order valence-electron chi connectivity index (χ3n) is 4.82. The predicted molar refractivity (Wildman–Crippen MR) is 117 cm³/mol. The van der Waals surface area contributed by atoms with Crippen LogP contribution in [0.4, 0.5) is 19.0 Å². The average molecular weight is 525 g/mol. The standard InChI is InChI=1S/C18H19ClF3N5O4S2/c1-24-16(23)27-17(8-31-6-5-12(17)33(29)30)14-9(19)7-10(32-14)15(28)26-13-4-2-3-11(25-13)18(20,21)22/h2-4,7,12H,5-6,8H2,1H3,(H,29,30)(H3,23,24,27)(H,25,26,28)/p-1/t12?,17-/m0/s1. The Morgan fingerprint density at radius 3 is 2.85 bits per heavy atom. The molecular formula is C18H18ClF3N5O4S2-. The first-order valence-electron chi connectivity index (χ1n) is 9.29. The number of alkyl halides is 3. The molecule has 2 unspecified atom stereocenters. The van der Waals surface area contributed by atoms with Crippen LogP contribution < -0.4 is 16.4 Å². The second-order valence-electron chi connectivity index (χ2n) is 6.94. The molecule has 3 atom stereocenters. The number of nitrogens with zero attached hydrogens (tertiary/aromatic N) is 2. The van der Waals surface area contributed by atoms with Gasteiger partial charge in [-0.15, -0.1) is 11.3 Å². The van der Waals surface area contributed by atoms with E-state index in [2.05, 4.69) is 20.6 Å². The zero-order valence-electron chi connectivity index (χ0n) is 16.9. The Labute approximate surface area is 197 Å². The first-order chi connectivity index (χ1) is 15.5. The summed E-state index contributed by atoms with van der Waals surface area (Å²) < 4.78 is 68.2. The van der Waals surface area contributed by atoms with E-state index in [-0.39, 0.29) is 46.2 Å². The summed E-state index contributed by atoms with van der Waals surface area (Å²) in [5, 5.41) is 4.20. The first kappa shape index (κ1) is 25.4. The highest BCUT2D eigenvalue weighted by Gasteiger charge is 2.47. The molecule has 1 aliphatic rings. The number of nitrogens with two attached hydrogens (primary N) is 1. The van der Waals surface area contributed by atoms with E-state index in [0.29, 0.717) is 0 Å². The molecule has 3 heterocycles. The summed E-state index contributed by atoms with van der Waals surface area (Å²) in [4.78, 5) is 20.2. The van der Waals surface area contributed by atoms with Crippen molar-refractivity contribution in [3.63, 3.8) is 0 Å². The monoisotopic (exact) mass is 524 g/mol. The molecular weight excluding hydrogens is 507 g/mol. The largest absolute Gasteiger partial charge is 0.772 e. The fourth-order valence-electron chi connectivity index (χ4n) is 3.32. The normalized spacial score (nSPS) is 22.6. The van der Waals surface area contributed by atoms with E-state index >= 15 is 0 Å². The Bertz CT molecular complexity index is 1100. The molecule has 1 aliphatic heterocycles. The van der Waals surface area contributed by atoms with Crippen molar-refractivity contribution >= 4 is 51.7 Å². The molecule has 4 N–H and O–H groups in total. The Morgan fingerprint density at radius 1 is 1.48 bits per heavy atom. The lowest BCUT2D eigenvalue weighted by Gasteiger charge is -2.45. The lowest BCUT2D eigenvalue weighted by Crippen LogP contribution is -2.61. The SMILES string of the molecule is CN=C(N)N[C@@]1(c2sc(C(=O)Nc3cccc(C(F)(F)F)n3)cc2Cl)COCCC1S(=O)[O-]. The number of carbonyl (C=O) groups is 1. The number of guanidine groups is 1. The number of aliphatic imine (C=N–C) groups is 1. The van der Waals surface area contributed by atoms with Crippen LogP contribution in [0.2, 0.25) is 5.02 Å². The van der Waals surface area contributed by atoms with Crippen LogP contribution in [-0.4, -0.2) is 51.1 Å². The van der Waals surface area contributed by atoms with Gasteiger partial charge < -0.3 is 25.7 Å². The van der Waals surface area contributed by atoms with Crippen molar-refractivity contribution in [3.05, 3.63) is 44.7 Å². The molecule has 1 fully saturated rings. The van der Waals surface area contributed by atoms with Crippen LogP contribution in [0.15, 0.2) is 29.3 Å². The Morgan fingerprint density at radius 2 is 2.21 bits per heavy atom. The lowest BCUT2D eigenvalue weighted by atomic mass is 9.90. The number of thiophene rings is 1. The summed E-state index contributed by atoms with van der Waals surface area (Å²) in [6.07, 6.45) is -4.55. The van der Waals surface area contributed by atoms with Gasteiger partial charge in [0, 0.05) is 13.7 Å². The molecule has 2 aromatic rings. The van der Waals surface area contributed by atoms with E-state index < -0.39 is 39.6 Å². The Kier molecular flexibility index (Phi) is 7.63. The summed E-state index contributed by atoms with van der Waals surface area (Å²) in [5.74, 6) is -1.15. The number of hydrogen-bond acceptors (Lipinski definition) is 7. The maximum absolute atomic E-state index is 12.9. The van der Waals surface area contributed by atoms with Gasteiger partial charge in [-0.05, 0) is 35.7 Å². The average Bonchev–Trinajstić information content (AvgIpc) is 3.15. The molecule has 0 radical (unpaired) electrons. The molecule has 0 saturated carbocycles. The second kappa shape index (κ2) is 9.93. The second-order valence-corrected chi connectivity index (χ2v) is 9.49. The number of halogens is 4. The smallest absolute Gasteiger partial charge is 0.433 e. The minimum atomic E-state index is -4.68. The van der Waals surface area contributed by atoms with E-state index in [9.17, 15) is 26.7 Å². The third kappa shape index (κ3) is 5.46. The zero-order valence-corrected chi connectivity index (χ0v) is 19.3. The highest BCUT2D eigenvalue weighted by molar-refractivity contribution is 7.79. The maximum atomic E-state index is 12.9.